The van der Waals surface area contributed by atoms with Gasteiger partial charge in [-0.2, -0.15) is 0 Å². The summed E-state index contributed by atoms with van der Waals surface area (Å²) in [4.78, 5) is 0. The molecule has 0 amide bonds. The smallest absolute Gasteiger partial charge is 0.119 e. The lowest BCUT2D eigenvalue weighted by atomic mass is 9.74. The molecule has 4 nitrogen and oxygen atoms in total. The van der Waals surface area contributed by atoms with Crippen molar-refractivity contribution in [2.75, 3.05) is 40.1 Å². The summed E-state index contributed by atoms with van der Waals surface area (Å²) in [5.74, 6) is 0.873. The Morgan fingerprint density at radius 1 is 1.07 bits per heavy atom. The average molecular weight is 390 g/mol. The van der Waals surface area contributed by atoms with Crippen molar-refractivity contribution in [1.82, 2.24) is 5.32 Å². The highest BCUT2D eigenvalue weighted by Gasteiger charge is 2.35. The molecule has 27 heavy (non-hydrogen) atoms. The van der Waals surface area contributed by atoms with Crippen LogP contribution in [0, 0.1) is 0 Å². The number of ether oxygens (including phenoxy) is 3. The zero-order valence-corrected chi connectivity index (χ0v) is 16.6. The SMILES string of the molecule is COCCOc1cccc(CNCC2(c3ccccc3Cl)CCOCC2)c1. The van der Waals surface area contributed by atoms with Crippen LogP contribution in [0.25, 0.3) is 0 Å². The van der Waals surface area contributed by atoms with Gasteiger partial charge in [-0.1, -0.05) is 41.9 Å². The molecule has 1 saturated heterocycles. The highest BCUT2D eigenvalue weighted by Crippen LogP contribution is 2.38. The third kappa shape index (κ3) is 5.45. The van der Waals surface area contributed by atoms with E-state index in [0.29, 0.717) is 13.2 Å². The van der Waals surface area contributed by atoms with E-state index in [-0.39, 0.29) is 5.41 Å². The summed E-state index contributed by atoms with van der Waals surface area (Å²) in [6.45, 7) is 4.35. The molecular formula is C22H28ClNO3. The van der Waals surface area contributed by atoms with Gasteiger partial charge in [-0.25, -0.2) is 0 Å². The summed E-state index contributed by atoms with van der Waals surface area (Å²) >= 11 is 6.53. The molecule has 5 heteroatoms. The molecule has 3 rings (SSSR count). The van der Waals surface area contributed by atoms with Crippen molar-refractivity contribution in [3.8, 4) is 5.75 Å². The minimum absolute atomic E-state index is 0.0170. The minimum Gasteiger partial charge on any atom is -0.491 e. The maximum atomic E-state index is 6.53. The molecule has 0 unspecified atom stereocenters. The minimum atomic E-state index is 0.0170. The van der Waals surface area contributed by atoms with E-state index in [2.05, 4.69) is 29.6 Å². The molecule has 1 fully saturated rings. The Morgan fingerprint density at radius 2 is 1.89 bits per heavy atom. The van der Waals surface area contributed by atoms with Crippen LogP contribution < -0.4 is 10.1 Å². The lowest BCUT2D eigenvalue weighted by Gasteiger charge is -2.38. The Hall–Kier alpha value is -1.59. The second-order valence-corrected chi connectivity index (χ2v) is 7.37. The third-order valence-corrected chi connectivity index (χ3v) is 5.47. The fourth-order valence-electron chi connectivity index (χ4n) is 3.63. The lowest BCUT2D eigenvalue weighted by molar-refractivity contribution is 0.0498. The standard InChI is InChI=1S/C22H28ClNO3/c1-25-13-14-27-19-6-4-5-18(15-19)16-24-17-22(9-11-26-12-10-22)20-7-2-3-8-21(20)23/h2-8,15,24H,9-14,16-17H2,1H3. The fraction of sp³-hybridized carbons (Fsp3) is 0.455. The molecule has 1 N–H and O–H groups in total. The number of hydrogen-bond donors (Lipinski definition) is 1. The highest BCUT2D eigenvalue weighted by atomic mass is 35.5. The van der Waals surface area contributed by atoms with Gasteiger partial charge in [-0.3, -0.25) is 0 Å². The van der Waals surface area contributed by atoms with E-state index in [1.54, 1.807) is 7.11 Å². The molecule has 0 aromatic heterocycles. The van der Waals surface area contributed by atoms with E-state index in [1.165, 1.54) is 11.1 Å². The van der Waals surface area contributed by atoms with E-state index < -0.39 is 0 Å². The van der Waals surface area contributed by atoms with Gasteiger partial charge in [-0.05, 0) is 42.2 Å². The molecule has 2 aromatic rings. The maximum Gasteiger partial charge on any atom is 0.119 e. The summed E-state index contributed by atoms with van der Waals surface area (Å²) in [6.07, 6.45) is 1.95. The first-order valence-electron chi connectivity index (χ1n) is 9.48. The van der Waals surface area contributed by atoms with Gasteiger partial charge in [0.1, 0.15) is 12.4 Å². The summed E-state index contributed by atoms with van der Waals surface area (Å²) in [7, 11) is 1.68. The van der Waals surface area contributed by atoms with Crippen LogP contribution in [0.4, 0.5) is 0 Å². The monoisotopic (exact) mass is 389 g/mol. The predicted molar refractivity (Wildman–Crippen MR) is 109 cm³/mol. The Bertz CT molecular complexity index is 716. The van der Waals surface area contributed by atoms with Crippen LogP contribution in [0.5, 0.6) is 5.75 Å². The van der Waals surface area contributed by atoms with Gasteiger partial charge in [0, 0.05) is 43.9 Å². The predicted octanol–water partition coefficient (Wildman–Crippen LogP) is 4.20. The Morgan fingerprint density at radius 3 is 2.67 bits per heavy atom. The van der Waals surface area contributed by atoms with E-state index >= 15 is 0 Å². The van der Waals surface area contributed by atoms with Crippen LogP contribution >= 0.6 is 11.6 Å². The Kier molecular flexibility index (Phi) is 7.53. The zero-order chi connectivity index (χ0) is 19.0. The van der Waals surface area contributed by atoms with Crippen LogP contribution in [0.2, 0.25) is 5.02 Å². The summed E-state index contributed by atoms with van der Waals surface area (Å²) in [5, 5.41) is 4.48. The number of nitrogens with one attached hydrogen (secondary N) is 1. The normalized spacial score (nSPS) is 16.2. The van der Waals surface area contributed by atoms with Crippen LogP contribution in [-0.4, -0.2) is 40.1 Å². The first-order chi connectivity index (χ1) is 13.2. The average Bonchev–Trinajstić information content (AvgIpc) is 2.70. The van der Waals surface area contributed by atoms with Gasteiger partial charge >= 0.3 is 0 Å². The molecule has 0 atom stereocenters. The van der Waals surface area contributed by atoms with Gasteiger partial charge in [0.05, 0.1) is 6.61 Å². The summed E-state index contributed by atoms with van der Waals surface area (Å²) in [5.41, 5.74) is 2.44. The number of hydrogen-bond acceptors (Lipinski definition) is 4. The first-order valence-corrected chi connectivity index (χ1v) is 9.85. The quantitative estimate of drug-likeness (QED) is 0.652. The molecule has 0 bridgehead atoms. The van der Waals surface area contributed by atoms with Crippen molar-refractivity contribution in [3.63, 3.8) is 0 Å². The van der Waals surface area contributed by atoms with Gasteiger partial charge in [0.15, 0.2) is 0 Å². The molecule has 0 saturated carbocycles. The molecule has 1 aliphatic rings. The Balaban J connectivity index is 1.63. The molecule has 2 aromatic carbocycles. The maximum absolute atomic E-state index is 6.53. The van der Waals surface area contributed by atoms with E-state index in [4.69, 9.17) is 25.8 Å². The molecular weight excluding hydrogens is 362 g/mol. The van der Waals surface area contributed by atoms with E-state index in [0.717, 1.165) is 49.9 Å². The van der Waals surface area contributed by atoms with Gasteiger partial charge in [-0.15, -0.1) is 0 Å². The van der Waals surface area contributed by atoms with Crippen LogP contribution in [0.15, 0.2) is 48.5 Å². The van der Waals surface area contributed by atoms with Gasteiger partial charge in [0.2, 0.25) is 0 Å². The molecule has 146 valence electrons. The van der Waals surface area contributed by atoms with E-state index in [1.807, 2.05) is 24.3 Å². The van der Waals surface area contributed by atoms with Gasteiger partial charge in [0.25, 0.3) is 0 Å². The summed E-state index contributed by atoms with van der Waals surface area (Å²) in [6, 6.07) is 16.4. The summed E-state index contributed by atoms with van der Waals surface area (Å²) < 4.78 is 16.3. The molecule has 0 spiro atoms. The molecule has 0 radical (unpaired) electrons. The second kappa shape index (κ2) is 10.1. The van der Waals surface area contributed by atoms with Crippen LogP contribution in [-0.2, 0) is 21.4 Å². The largest absolute Gasteiger partial charge is 0.491 e. The highest BCUT2D eigenvalue weighted by molar-refractivity contribution is 6.31. The molecule has 1 heterocycles. The third-order valence-electron chi connectivity index (χ3n) is 5.14. The van der Waals surface area contributed by atoms with E-state index in [9.17, 15) is 0 Å². The van der Waals surface area contributed by atoms with Crippen molar-refractivity contribution in [2.45, 2.75) is 24.8 Å². The Labute approximate surface area is 166 Å². The fourth-order valence-corrected chi connectivity index (χ4v) is 3.97. The van der Waals surface area contributed by atoms with Crippen molar-refractivity contribution < 1.29 is 14.2 Å². The number of methoxy groups -OCH3 is 1. The van der Waals surface area contributed by atoms with Crippen molar-refractivity contribution in [3.05, 3.63) is 64.7 Å². The number of halogens is 1. The molecule has 0 aliphatic carbocycles. The van der Waals surface area contributed by atoms with Gasteiger partial charge < -0.3 is 19.5 Å². The molecule has 1 aliphatic heterocycles. The van der Waals surface area contributed by atoms with Crippen LogP contribution in [0.1, 0.15) is 24.0 Å². The second-order valence-electron chi connectivity index (χ2n) is 6.96. The number of rotatable bonds is 9. The first kappa shape index (κ1) is 20.2. The zero-order valence-electron chi connectivity index (χ0n) is 15.9. The van der Waals surface area contributed by atoms with Crippen molar-refractivity contribution in [1.29, 1.82) is 0 Å². The lowest BCUT2D eigenvalue weighted by Crippen LogP contribution is -2.42. The van der Waals surface area contributed by atoms with Crippen molar-refractivity contribution >= 4 is 11.6 Å². The number of benzene rings is 2. The van der Waals surface area contributed by atoms with Crippen LogP contribution in [0.3, 0.4) is 0 Å². The topological polar surface area (TPSA) is 39.7 Å². The van der Waals surface area contributed by atoms with Crippen molar-refractivity contribution in [2.24, 2.45) is 0 Å².